The highest BCUT2D eigenvalue weighted by Crippen LogP contribution is 2.35. The zero-order valence-electron chi connectivity index (χ0n) is 9.81. The van der Waals surface area contributed by atoms with Crippen molar-refractivity contribution >= 4 is 15.9 Å². The van der Waals surface area contributed by atoms with Crippen LogP contribution in [0.1, 0.15) is 23.1 Å². The van der Waals surface area contributed by atoms with E-state index in [1.54, 1.807) is 0 Å². The van der Waals surface area contributed by atoms with E-state index in [9.17, 15) is 5.11 Å². The monoisotopic (exact) mass is 283 g/mol. The lowest BCUT2D eigenvalue weighted by atomic mass is 9.95. The average Bonchev–Trinajstić information content (AvgIpc) is 2.76. The van der Waals surface area contributed by atoms with Crippen LogP contribution in [-0.2, 0) is 6.42 Å². The molecule has 0 aliphatic carbocycles. The summed E-state index contributed by atoms with van der Waals surface area (Å²) in [5.74, 6) is 1.09. The molecule has 0 radical (unpaired) electrons. The predicted octanol–water partition coefficient (Wildman–Crippen LogP) is 2.92. The van der Waals surface area contributed by atoms with Gasteiger partial charge in [-0.1, -0.05) is 6.07 Å². The van der Waals surface area contributed by atoms with E-state index >= 15 is 0 Å². The second-order valence-electron chi connectivity index (χ2n) is 4.70. The molecule has 1 aromatic carbocycles. The Labute approximate surface area is 105 Å². The number of nitrogens with one attached hydrogen (secondary N) is 1. The summed E-state index contributed by atoms with van der Waals surface area (Å²) in [6.07, 6.45) is 2.18. The van der Waals surface area contributed by atoms with Gasteiger partial charge in [0.2, 0.25) is 0 Å². The minimum Gasteiger partial charge on any atom is -0.506 e. The first-order valence-corrected chi connectivity index (χ1v) is 6.57. The Hall–Kier alpha value is -0.540. The second kappa shape index (κ2) is 4.76. The summed E-state index contributed by atoms with van der Waals surface area (Å²) in [5, 5.41) is 13.5. The topological polar surface area (TPSA) is 32.3 Å². The molecule has 1 aliphatic heterocycles. The first kappa shape index (κ1) is 11.9. The number of hydrogen-bond donors (Lipinski definition) is 2. The highest BCUT2D eigenvalue weighted by atomic mass is 79.9. The van der Waals surface area contributed by atoms with Crippen LogP contribution in [0.3, 0.4) is 0 Å². The van der Waals surface area contributed by atoms with Crippen LogP contribution in [0.15, 0.2) is 10.5 Å². The molecule has 1 fully saturated rings. The fraction of sp³-hybridized carbons (Fsp3) is 0.538. The minimum absolute atomic E-state index is 0.426. The summed E-state index contributed by atoms with van der Waals surface area (Å²) in [7, 11) is 0. The molecule has 1 aromatic rings. The van der Waals surface area contributed by atoms with Gasteiger partial charge < -0.3 is 10.4 Å². The first-order chi connectivity index (χ1) is 7.59. The van der Waals surface area contributed by atoms with E-state index in [-0.39, 0.29) is 0 Å². The molecule has 0 bridgehead atoms. The highest BCUT2D eigenvalue weighted by Gasteiger charge is 2.18. The van der Waals surface area contributed by atoms with E-state index < -0.39 is 0 Å². The van der Waals surface area contributed by atoms with Crippen LogP contribution in [0.2, 0.25) is 0 Å². The first-order valence-electron chi connectivity index (χ1n) is 5.78. The van der Waals surface area contributed by atoms with Crippen LogP contribution < -0.4 is 5.32 Å². The Bertz CT molecular complexity index is 397. The van der Waals surface area contributed by atoms with Crippen molar-refractivity contribution in [3.8, 4) is 5.75 Å². The molecular formula is C13H18BrNO. The number of phenolic OH excluding ortho intramolecular Hbond substituents is 1. The van der Waals surface area contributed by atoms with Gasteiger partial charge in [0.05, 0.1) is 4.47 Å². The van der Waals surface area contributed by atoms with Crippen LogP contribution in [-0.4, -0.2) is 18.2 Å². The van der Waals surface area contributed by atoms with E-state index in [4.69, 9.17) is 0 Å². The quantitative estimate of drug-likeness (QED) is 0.875. The maximum Gasteiger partial charge on any atom is 0.133 e. The fourth-order valence-corrected chi connectivity index (χ4v) is 2.85. The van der Waals surface area contributed by atoms with E-state index in [1.165, 1.54) is 12.0 Å². The van der Waals surface area contributed by atoms with Crippen molar-refractivity contribution in [2.75, 3.05) is 13.1 Å². The van der Waals surface area contributed by atoms with Crippen LogP contribution in [0.5, 0.6) is 5.75 Å². The molecule has 0 amide bonds. The van der Waals surface area contributed by atoms with Gasteiger partial charge in [-0.15, -0.1) is 0 Å². The number of benzene rings is 1. The molecular weight excluding hydrogens is 266 g/mol. The van der Waals surface area contributed by atoms with Gasteiger partial charge in [0.1, 0.15) is 5.75 Å². The molecule has 88 valence electrons. The lowest BCUT2D eigenvalue weighted by Crippen LogP contribution is -2.11. The number of aromatic hydroxyl groups is 1. The molecule has 3 heteroatoms. The van der Waals surface area contributed by atoms with Gasteiger partial charge in [0.15, 0.2) is 0 Å². The van der Waals surface area contributed by atoms with Gasteiger partial charge in [-0.05, 0) is 78.3 Å². The summed E-state index contributed by atoms with van der Waals surface area (Å²) in [5.41, 5.74) is 3.44. The standard InChI is InChI=1S/C13H18BrNO/c1-8-5-11(6-10-3-4-15-7-10)13(16)12(14)9(8)2/h5,10,15-16H,3-4,6-7H2,1-2H3. The summed E-state index contributed by atoms with van der Waals surface area (Å²) < 4.78 is 0.855. The third kappa shape index (κ3) is 2.25. The van der Waals surface area contributed by atoms with E-state index in [0.717, 1.165) is 35.1 Å². The Morgan fingerprint density at radius 1 is 1.50 bits per heavy atom. The van der Waals surface area contributed by atoms with E-state index in [2.05, 4.69) is 34.2 Å². The Balaban J connectivity index is 2.26. The van der Waals surface area contributed by atoms with Gasteiger partial charge in [-0.25, -0.2) is 0 Å². The van der Waals surface area contributed by atoms with Crippen molar-refractivity contribution in [2.45, 2.75) is 26.7 Å². The van der Waals surface area contributed by atoms with Crippen molar-refractivity contribution in [3.05, 3.63) is 27.2 Å². The Kier molecular flexibility index (Phi) is 3.55. The average molecular weight is 284 g/mol. The smallest absolute Gasteiger partial charge is 0.133 e. The predicted molar refractivity (Wildman–Crippen MR) is 70.0 cm³/mol. The molecule has 1 atom stereocenters. The zero-order valence-corrected chi connectivity index (χ0v) is 11.4. The summed E-state index contributed by atoms with van der Waals surface area (Å²) in [4.78, 5) is 0. The second-order valence-corrected chi connectivity index (χ2v) is 5.50. The number of hydrogen-bond acceptors (Lipinski definition) is 2. The van der Waals surface area contributed by atoms with Gasteiger partial charge >= 0.3 is 0 Å². The molecule has 2 rings (SSSR count). The normalized spacial score (nSPS) is 20.3. The van der Waals surface area contributed by atoms with Crippen molar-refractivity contribution in [2.24, 2.45) is 5.92 Å². The molecule has 0 spiro atoms. The summed E-state index contributed by atoms with van der Waals surface area (Å²) in [6, 6.07) is 2.12. The number of rotatable bonds is 2. The largest absolute Gasteiger partial charge is 0.506 e. The summed E-state index contributed by atoms with van der Waals surface area (Å²) in [6.45, 7) is 6.30. The number of aryl methyl sites for hydroxylation is 1. The zero-order chi connectivity index (χ0) is 11.7. The highest BCUT2D eigenvalue weighted by molar-refractivity contribution is 9.10. The molecule has 2 N–H and O–H groups in total. The van der Waals surface area contributed by atoms with Crippen LogP contribution in [0.25, 0.3) is 0 Å². The molecule has 1 heterocycles. The lowest BCUT2D eigenvalue weighted by molar-refractivity contribution is 0.455. The van der Waals surface area contributed by atoms with Crippen molar-refractivity contribution < 1.29 is 5.11 Å². The van der Waals surface area contributed by atoms with E-state index in [0.29, 0.717) is 11.7 Å². The van der Waals surface area contributed by atoms with Gasteiger partial charge in [0, 0.05) is 0 Å². The van der Waals surface area contributed by atoms with Crippen molar-refractivity contribution in [3.63, 3.8) is 0 Å². The molecule has 16 heavy (non-hydrogen) atoms. The number of phenols is 1. The molecule has 1 unspecified atom stereocenters. The van der Waals surface area contributed by atoms with Crippen LogP contribution >= 0.6 is 15.9 Å². The summed E-state index contributed by atoms with van der Waals surface area (Å²) >= 11 is 3.46. The fourth-order valence-electron chi connectivity index (χ4n) is 2.28. The maximum absolute atomic E-state index is 10.1. The van der Waals surface area contributed by atoms with Crippen molar-refractivity contribution in [1.82, 2.24) is 5.32 Å². The maximum atomic E-state index is 10.1. The molecule has 0 aromatic heterocycles. The minimum atomic E-state index is 0.426. The molecule has 1 saturated heterocycles. The van der Waals surface area contributed by atoms with E-state index in [1.807, 2.05) is 6.92 Å². The van der Waals surface area contributed by atoms with Gasteiger partial charge in [-0.2, -0.15) is 0 Å². The van der Waals surface area contributed by atoms with Gasteiger partial charge in [0.25, 0.3) is 0 Å². The van der Waals surface area contributed by atoms with Crippen molar-refractivity contribution in [1.29, 1.82) is 0 Å². The molecule has 1 aliphatic rings. The molecule has 0 saturated carbocycles. The third-order valence-electron chi connectivity index (χ3n) is 3.49. The SMILES string of the molecule is Cc1cc(CC2CCNC2)c(O)c(Br)c1C. The van der Waals surface area contributed by atoms with Gasteiger partial charge in [-0.3, -0.25) is 0 Å². The van der Waals surface area contributed by atoms with Crippen LogP contribution in [0, 0.1) is 19.8 Å². The Morgan fingerprint density at radius 2 is 2.25 bits per heavy atom. The lowest BCUT2D eigenvalue weighted by Gasteiger charge is -2.14. The number of halogens is 1. The van der Waals surface area contributed by atoms with Crippen LogP contribution in [0.4, 0.5) is 0 Å². The Morgan fingerprint density at radius 3 is 2.88 bits per heavy atom. The third-order valence-corrected chi connectivity index (χ3v) is 4.46. The molecule has 2 nitrogen and oxygen atoms in total.